The third-order valence-electron chi connectivity index (χ3n) is 2.38. The Labute approximate surface area is 111 Å². The summed E-state index contributed by atoms with van der Waals surface area (Å²) in [5.74, 6) is -2.32. The molecule has 1 aromatic carbocycles. The Bertz CT molecular complexity index is 627. The second kappa shape index (κ2) is 5.20. The van der Waals surface area contributed by atoms with E-state index < -0.39 is 29.2 Å². The first-order valence-electron chi connectivity index (χ1n) is 5.42. The number of rotatable bonds is 3. The van der Waals surface area contributed by atoms with E-state index in [9.17, 15) is 18.0 Å². The van der Waals surface area contributed by atoms with Crippen LogP contribution in [0.1, 0.15) is 16.1 Å². The van der Waals surface area contributed by atoms with Crippen LogP contribution in [0.25, 0.3) is 0 Å². The molecule has 0 radical (unpaired) electrons. The van der Waals surface area contributed by atoms with Crippen LogP contribution in [0.4, 0.5) is 13.2 Å². The number of ether oxygens (including phenoxy) is 1. The Balaban J connectivity index is 2.56. The van der Waals surface area contributed by atoms with E-state index in [0.29, 0.717) is 6.07 Å². The molecule has 0 aliphatic carbocycles. The third-order valence-corrected chi connectivity index (χ3v) is 2.38. The zero-order chi connectivity index (χ0) is 14.8. The molecule has 1 N–H and O–H groups in total. The van der Waals surface area contributed by atoms with Crippen LogP contribution < -0.4 is 4.74 Å². The van der Waals surface area contributed by atoms with Crippen LogP contribution in [-0.2, 0) is 6.18 Å². The number of pyridine rings is 1. The Kier molecular flexibility index (Phi) is 3.60. The lowest BCUT2D eigenvalue weighted by molar-refractivity contribution is -0.138. The Morgan fingerprint density at radius 3 is 2.35 bits per heavy atom. The van der Waals surface area contributed by atoms with Crippen LogP contribution in [0.3, 0.4) is 0 Å². The predicted octanol–water partition coefficient (Wildman–Crippen LogP) is 3.59. The molecule has 104 valence electrons. The van der Waals surface area contributed by atoms with Crippen molar-refractivity contribution in [2.75, 3.05) is 0 Å². The number of hydrogen-bond acceptors (Lipinski definition) is 3. The maximum atomic E-state index is 12.9. The molecule has 1 aromatic heterocycles. The number of halogens is 3. The van der Waals surface area contributed by atoms with Gasteiger partial charge in [-0.25, -0.2) is 9.78 Å². The summed E-state index contributed by atoms with van der Waals surface area (Å²) in [7, 11) is 0. The summed E-state index contributed by atoms with van der Waals surface area (Å²) in [4.78, 5) is 14.4. The molecule has 0 saturated carbocycles. The largest absolute Gasteiger partial charge is 0.476 e. The number of aromatic carboxylic acids is 1. The third kappa shape index (κ3) is 2.87. The fourth-order valence-corrected chi connectivity index (χ4v) is 1.53. The van der Waals surface area contributed by atoms with Crippen molar-refractivity contribution in [2.45, 2.75) is 6.18 Å². The van der Waals surface area contributed by atoms with Gasteiger partial charge in [0.05, 0.1) is 0 Å². The predicted molar refractivity (Wildman–Crippen MR) is 62.7 cm³/mol. The van der Waals surface area contributed by atoms with E-state index in [4.69, 9.17) is 9.84 Å². The topological polar surface area (TPSA) is 59.4 Å². The van der Waals surface area contributed by atoms with Gasteiger partial charge in [0.25, 0.3) is 0 Å². The molecule has 1 heterocycles. The number of alkyl halides is 3. The number of carboxylic acids is 1. The molecule has 2 aromatic rings. The maximum Gasteiger partial charge on any atom is 0.420 e. The highest BCUT2D eigenvalue weighted by Gasteiger charge is 2.37. The smallest absolute Gasteiger partial charge is 0.420 e. The van der Waals surface area contributed by atoms with Crippen LogP contribution in [0, 0.1) is 0 Å². The normalized spacial score (nSPS) is 11.2. The van der Waals surface area contributed by atoms with Crippen molar-refractivity contribution in [2.24, 2.45) is 0 Å². The second-order valence-corrected chi connectivity index (χ2v) is 3.75. The molecule has 20 heavy (non-hydrogen) atoms. The summed E-state index contributed by atoms with van der Waals surface area (Å²) >= 11 is 0. The van der Waals surface area contributed by atoms with Gasteiger partial charge in [0, 0.05) is 6.20 Å². The van der Waals surface area contributed by atoms with Crippen LogP contribution in [0.5, 0.6) is 11.5 Å². The zero-order valence-electron chi connectivity index (χ0n) is 9.89. The van der Waals surface area contributed by atoms with Gasteiger partial charge < -0.3 is 9.84 Å². The van der Waals surface area contributed by atoms with E-state index in [0.717, 1.165) is 6.20 Å². The lowest BCUT2D eigenvalue weighted by atomic mass is 10.2. The number of aromatic nitrogens is 1. The van der Waals surface area contributed by atoms with Gasteiger partial charge in [-0.1, -0.05) is 18.2 Å². The van der Waals surface area contributed by atoms with Crippen molar-refractivity contribution in [3.63, 3.8) is 0 Å². The van der Waals surface area contributed by atoms with Crippen molar-refractivity contribution in [1.82, 2.24) is 4.98 Å². The first-order chi connectivity index (χ1) is 9.39. The first-order valence-corrected chi connectivity index (χ1v) is 5.42. The number of benzene rings is 1. The molecule has 0 aliphatic rings. The fourth-order valence-electron chi connectivity index (χ4n) is 1.53. The summed E-state index contributed by atoms with van der Waals surface area (Å²) in [6.07, 6.45) is -3.96. The number of nitrogens with zero attached hydrogens (tertiary/aromatic N) is 1. The minimum absolute atomic E-state index is 0.0912. The fraction of sp³-hybridized carbons (Fsp3) is 0.0769. The van der Waals surface area contributed by atoms with E-state index in [-0.39, 0.29) is 5.75 Å². The minimum atomic E-state index is -4.74. The van der Waals surface area contributed by atoms with E-state index >= 15 is 0 Å². The summed E-state index contributed by atoms with van der Waals surface area (Å²) in [6, 6.07) is 8.26. The molecule has 0 saturated heterocycles. The van der Waals surface area contributed by atoms with Crippen LogP contribution in [0.15, 0.2) is 42.6 Å². The highest BCUT2D eigenvalue weighted by atomic mass is 19.4. The summed E-state index contributed by atoms with van der Waals surface area (Å²) in [6.45, 7) is 0. The molecule has 4 nitrogen and oxygen atoms in total. The van der Waals surface area contributed by atoms with Gasteiger partial charge in [0.1, 0.15) is 11.3 Å². The molecule has 0 atom stereocenters. The molecule has 2 rings (SSSR count). The summed E-state index contributed by atoms with van der Waals surface area (Å²) in [5.41, 5.74) is -1.97. The summed E-state index contributed by atoms with van der Waals surface area (Å²) < 4.78 is 43.7. The molecule has 0 spiro atoms. The van der Waals surface area contributed by atoms with Crippen molar-refractivity contribution in [3.8, 4) is 11.5 Å². The molecular formula is C13H8F3NO3. The molecular weight excluding hydrogens is 275 g/mol. The average Bonchev–Trinajstić information content (AvgIpc) is 2.38. The Morgan fingerprint density at radius 2 is 1.80 bits per heavy atom. The summed E-state index contributed by atoms with van der Waals surface area (Å²) in [5, 5.41) is 8.92. The van der Waals surface area contributed by atoms with Crippen molar-refractivity contribution >= 4 is 5.97 Å². The lowest BCUT2D eigenvalue weighted by Gasteiger charge is -2.14. The molecule has 0 amide bonds. The molecule has 0 unspecified atom stereocenters. The molecule has 0 aliphatic heterocycles. The number of para-hydroxylation sites is 1. The number of carboxylic acid groups (broad SMARTS) is 1. The monoisotopic (exact) mass is 283 g/mol. The van der Waals surface area contributed by atoms with Crippen molar-refractivity contribution < 1.29 is 27.8 Å². The van der Waals surface area contributed by atoms with E-state index in [1.165, 1.54) is 12.1 Å². The standard InChI is InChI=1S/C13H8F3NO3/c14-13(15,16)9-6-7-17-10(12(18)19)11(9)20-8-4-2-1-3-5-8/h1-7H,(H,18,19). The zero-order valence-corrected chi connectivity index (χ0v) is 9.89. The first kappa shape index (κ1) is 13.9. The van der Waals surface area contributed by atoms with Crippen molar-refractivity contribution in [1.29, 1.82) is 0 Å². The van der Waals surface area contributed by atoms with Gasteiger partial charge >= 0.3 is 12.1 Å². The quantitative estimate of drug-likeness (QED) is 0.935. The molecule has 0 fully saturated rings. The van der Waals surface area contributed by atoms with Gasteiger partial charge in [-0.3, -0.25) is 0 Å². The van der Waals surface area contributed by atoms with E-state index in [1.807, 2.05) is 0 Å². The van der Waals surface area contributed by atoms with E-state index in [1.54, 1.807) is 18.2 Å². The van der Waals surface area contributed by atoms with Crippen LogP contribution in [-0.4, -0.2) is 16.1 Å². The SMILES string of the molecule is O=C(O)c1nccc(C(F)(F)F)c1Oc1ccccc1. The Morgan fingerprint density at radius 1 is 1.15 bits per heavy atom. The van der Waals surface area contributed by atoms with E-state index in [2.05, 4.69) is 4.98 Å². The van der Waals surface area contributed by atoms with Gasteiger partial charge in [0.2, 0.25) is 0 Å². The van der Waals surface area contributed by atoms with Crippen molar-refractivity contribution in [3.05, 3.63) is 53.9 Å². The highest BCUT2D eigenvalue weighted by molar-refractivity contribution is 5.89. The number of carbonyl (C=O) groups is 1. The second-order valence-electron chi connectivity index (χ2n) is 3.75. The van der Waals surface area contributed by atoms with Crippen LogP contribution in [0.2, 0.25) is 0 Å². The van der Waals surface area contributed by atoms with Gasteiger partial charge in [-0.05, 0) is 18.2 Å². The minimum Gasteiger partial charge on any atom is -0.476 e. The maximum absolute atomic E-state index is 12.9. The Hall–Kier alpha value is -2.57. The average molecular weight is 283 g/mol. The van der Waals surface area contributed by atoms with Crippen LogP contribution >= 0.6 is 0 Å². The van der Waals surface area contributed by atoms with Gasteiger partial charge in [-0.2, -0.15) is 13.2 Å². The highest BCUT2D eigenvalue weighted by Crippen LogP contribution is 2.39. The van der Waals surface area contributed by atoms with Gasteiger partial charge in [-0.15, -0.1) is 0 Å². The molecule has 0 bridgehead atoms. The lowest BCUT2D eigenvalue weighted by Crippen LogP contribution is -2.12. The van der Waals surface area contributed by atoms with Gasteiger partial charge in [0.15, 0.2) is 11.4 Å². The number of hydrogen-bond donors (Lipinski definition) is 1. The molecule has 7 heteroatoms.